The topological polar surface area (TPSA) is 64.5 Å². The molecule has 0 aliphatic carbocycles. The van der Waals surface area contributed by atoms with E-state index in [-0.39, 0.29) is 0 Å². The third-order valence-corrected chi connectivity index (χ3v) is 2.45. The number of nitrogens with zero attached hydrogens (tertiary/aromatic N) is 1. The Bertz CT molecular complexity index is 141. The van der Waals surface area contributed by atoms with Crippen molar-refractivity contribution in [3.63, 3.8) is 0 Å². The maximum absolute atomic E-state index is 5.80. The van der Waals surface area contributed by atoms with Crippen molar-refractivity contribution < 1.29 is 4.74 Å². The van der Waals surface area contributed by atoms with Gasteiger partial charge in [0.25, 0.3) is 0 Å². The van der Waals surface area contributed by atoms with E-state index in [1.54, 1.807) is 0 Å². The SMILES string of the molecule is CCS.NCCOCCN1CCC(N)CC1. The van der Waals surface area contributed by atoms with Crippen molar-refractivity contribution in [3.8, 4) is 0 Å². The van der Waals surface area contributed by atoms with Crippen LogP contribution >= 0.6 is 12.6 Å². The van der Waals surface area contributed by atoms with Gasteiger partial charge in [-0.15, -0.1) is 0 Å². The molecule has 1 heterocycles. The lowest BCUT2D eigenvalue weighted by atomic mass is 10.1. The highest BCUT2D eigenvalue weighted by atomic mass is 32.1. The molecule has 4 N–H and O–H groups in total. The van der Waals surface area contributed by atoms with E-state index in [1.165, 1.54) is 0 Å². The van der Waals surface area contributed by atoms with E-state index in [2.05, 4.69) is 17.5 Å². The minimum absolute atomic E-state index is 0.418. The molecule has 1 saturated heterocycles. The minimum Gasteiger partial charge on any atom is -0.379 e. The van der Waals surface area contributed by atoms with Gasteiger partial charge >= 0.3 is 0 Å². The summed E-state index contributed by atoms with van der Waals surface area (Å²) >= 11 is 3.79. The normalized spacial score (nSPS) is 18.0. The zero-order valence-corrected chi connectivity index (χ0v) is 11.3. The Hall–Kier alpha value is 0.190. The second kappa shape index (κ2) is 11.7. The molecule has 5 heteroatoms. The van der Waals surface area contributed by atoms with Gasteiger partial charge in [0.1, 0.15) is 0 Å². The number of piperidine rings is 1. The second-order valence-electron chi connectivity index (χ2n) is 3.90. The first-order valence-corrected chi connectivity index (χ1v) is 6.74. The number of hydrogen-bond donors (Lipinski definition) is 3. The fourth-order valence-electron chi connectivity index (χ4n) is 1.56. The molecule has 0 unspecified atom stereocenters. The molecule has 16 heavy (non-hydrogen) atoms. The quantitative estimate of drug-likeness (QED) is 0.485. The summed E-state index contributed by atoms with van der Waals surface area (Å²) in [6, 6.07) is 0.418. The predicted molar refractivity (Wildman–Crippen MR) is 73.0 cm³/mol. The average Bonchev–Trinajstić information content (AvgIpc) is 2.28. The van der Waals surface area contributed by atoms with E-state index in [1.807, 2.05) is 6.92 Å². The van der Waals surface area contributed by atoms with E-state index in [0.717, 1.165) is 44.8 Å². The van der Waals surface area contributed by atoms with Gasteiger partial charge in [0, 0.05) is 19.1 Å². The van der Waals surface area contributed by atoms with E-state index < -0.39 is 0 Å². The molecular weight excluding hydrogens is 222 g/mol. The van der Waals surface area contributed by atoms with Crippen LogP contribution in [0.15, 0.2) is 0 Å². The highest BCUT2D eigenvalue weighted by molar-refractivity contribution is 7.80. The number of hydrogen-bond acceptors (Lipinski definition) is 5. The summed E-state index contributed by atoms with van der Waals surface area (Å²) in [6.07, 6.45) is 2.24. The first-order chi connectivity index (χ1) is 7.74. The van der Waals surface area contributed by atoms with Gasteiger partial charge in [0.15, 0.2) is 0 Å². The van der Waals surface area contributed by atoms with Gasteiger partial charge < -0.3 is 21.1 Å². The molecule has 0 bridgehead atoms. The highest BCUT2D eigenvalue weighted by Crippen LogP contribution is 2.06. The average molecular weight is 249 g/mol. The fourth-order valence-corrected chi connectivity index (χ4v) is 1.56. The van der Waals surface area contributed by atoms with Crippen LogP contribution in [0.3, 0.4) is 0 Å². The smallest absolute Gasteiger partial charge is 0.0594 e. The van der Waals surface area contributed by atoms with Crippen molar-refractivity contribution >= 4 is 12.6 Å². The molecule has 0 saturated carbocycles. The van der Waals surface area contributed by atoms with Crippen LogP contribution in [0.25, 0.3) is 0 Å². The molecule has 0 atom stereocenters. The van der Waals surface area contributed by atoms with Crippen LogP contribution < -0.4 is 11.5 Å². The largest absolute Gasteiger partial charge is 0.379 e. The van der Waals surface area contributed by atoms with Gasteiger partial charge in [0.2, 0.25) is 0 Å². The van der Waals surface area contributed by atoms with E-state index >= 15 is 0 Å². The van der Waals surface area contributed by atoms with Crippen LogP contribution in [0.4, 0.5) is 0 Å². The molecular formula is C11H27N3OS. The Morgan fingerprint density at radius 3 is 2.38 bits per heavy atom. The summed E-state index contributed by atoms with van der Waals surface area (Å²) in [4.78, 5) is 2.40. The van der Waals surface area contributed by atoms with Gasteiger partial charge in [-0.3, -0.25) is 0 Å². The van der Waals surface area contributed by atoms with E-state index in [0.29, 0.717) is 19.2 Å². The lowest BCUT2D eigenvalue weighted by Crippen LogP contribution is -2.41. The third-order valence-electron chi connectivity index (χ3n) is 2.45. The predicted octanol–water partition coefficient (Wildman–Crippen LogP) is 0.321. The number of nitrogens with two attached hydrogens (primary N) is 2. The minimum atomic E-state index is 0.418. The Kier molecular flexibility index (Phi) is 11.8. The van der Waals surface area contributed by atoms with Crippen LogP contribution in [-0.4, -0.2) is 56.1 Å². The van der Waals surface area contributed by atoms with Gasteiger partial charge in [-0.05, 0) is 31.7 Å². The fraction of sp³-hybridized carbons (Fsp3) is 1.00. The van der Waals surface area contributed by atoms with E-state index in [9.17, 15) is 0 Å². The molecule has 0 radical (unpaired) electrons. The van der Waals surface area contributed by atoms with Crippen molar-refractivity contribution in [1.82, 2.24) is 4.90 Å². The van der Waals surface area contributed by atoms with Crippen molar-refractivity contribution in [1.29, 1.82) is 0 Å². The van der Waals surface area contributed by atoms with Crippen molar-refractivity contribution in [2.75, 3.05) is 45.1 Å². The molecule has 4 nitrogen and oxygen atoms in total. The summed E-state index contributed by atoms with van der Waals surface area (Å²) in [5, 5.41) is 0. The molecule has 1 rings (SSSR count). The van der Waals surface area contributed by atoms with Gasteiger partial charge in [-0.25, -0.2) is 0 Å². The van der Waals surface area contributed by atoms with Gasteiger partial charge in [-0.2, -0.15) is 12.6 Å². The molecule has 1 fully saturated rings. The molecule has 1 aliphatic heterocycles. The molecule has 98 valence electrons. The Morgan fingerprint density at radius 2 is 1.88 bits per heavy atom. The summed E-state index contributed by atoms with van der Waals surface area (Å²) in [5.41, 5.74) is 11.1. The van der Waals surface area contributed by atoms with Gasteiger partial charge in [0.05, 0.1) is 13.2 Å². The third kappa shape index (κ3) is 9.42. The first kappa shape index (κ1) is 16.2. The van der Waals surface area contributed by atoms with Crippen LogP contribution in [0, 0.1) is 0 Å². The maximum Gasteiger partial charge on any atom is 0.0594 e. The number of thiol groups is 1. The van der Waals surface area contributed by atoms with Gasteiger partial charge in [-0.1, -0.05) is 6.92 Å². The number of ether oxygens (including phenoxy) is 1. The zero-order valence-electron chi connectivity index (χ0n) is 10.4. The highest BCUT2D eigenvalue weighted by Gasteiger charge is 2.14. The number of rotatable bonds is 5. The second-order valence-corrected chi connectivity index (χ2v) is 4.53. The summed E-state index contributed by atoms with van der Waals surface area (Å²) in [7, 11) is 0. The molecule has 0 amide bonds. The van der Waals surface area contributed by atoms with Crippen molar-refractivity contribution in [3.05, 3.63) is 0 Å². The molecule has 0 aromatic carbocycles. The molecule has 0 aromatic heterocycles. The summed E-state index contributed by atoms with van der Waals surface area (Å²) in [6.45, 7) is 7.33. The Labute approximate surface area is 105 Å². The zero-order chi connectivity index (χ0) is 12.2. The molecule has 0 spiro atoms. The first-order valence-electron chi connectivity index (χ1n) is 6.11. The number of likely N-dealkylation sites (tertiary alicyclic amines) is 1. The summed E-state index contributed by atoms with van der Waals surface area (Å²) < 4.78 is 5.31. The van der Waals surface area contributed by atoms with Crippen molar-refractivity contribution in [2.45, 2.75) is 25.8 Å². The molecule has 0 aromatic rings. The van der Waals surface area contributed by atoms with Crippen LogP contribution in [0.2, 0.25) is 0 Å². The molecule has 1 aliphatic rings. The lowest BCUT2D eigenvalue weighted by Gasteiger charge is -2.29. The summed E-state index contributed by atoms with van der Waals surface area (Å²) in [5.74, 6) is 0.944. The monoisotopic (exact) mass is 249 g/mol. The Morgan fingerprint density at radius 1 is 1.31 bits per heavy atom. The lowest BCUT2D eigenvalue weighted by molar-refractivity contribution is 0.0988. The van der Waals surface area contributed by atoms with E-state index in [4.69, 9.17) is 16.2 Å². The van der Waals surface area contributed by atoms with Crippen LogP contribution in [0.5, 0.6) is 0 Å². The van der Waals surface area contributed by atoms with Crippen LogP contribution in [-0.2, 0) is 4.74 Å². The standard InChI is InChI=1S/C9H21N3O.C2H6S/c10-3-7-13-8-6-12-4-1-9(11)2-5-12;1-2-3/h9H,1-8,10-11H2;3H,2H2,1H3. The maximum atomic E-state index is 5.80. The Balaban J connectivity index is 0.000000673. The van der Waals surface area contributed by atoms with Crippen molar-refractivity contribution in [2.24, 2.45) is 11.5 Å². The van der Waals surface area contributed by atoms with Crippen LogP contribution in [0.1, 0.15) is 19.8 Å².